The molecule has 3 heteroatoms. The van der Waals surface area contributed by atoms with Crippen LogP contribution in [0.5, 0.6) is 0 Å². The molecule has 0 radical (unpaired) electrons. The Bertz CT molecular complexity index is 215. The highest BCUT2D eigenvalue weighted by Crippen LogP contribution is 2.01. The van der Waals surface area contributed by atoms with Gasteiger partial charge in [0.2, 0.25) is 0 Å². The fourth-order valence-electron chi connectivity index (χ4n) is 1.16. The van der Waals surface area contributed by atoms with E-state index in [1.807, 2.05) is 14.0 Å². The predicted molar refractivity (Wildman–Crippen MR) is 52.4 cm³/mol. The predicted octanol–water partition coefficient (Wildman–Crippen LogP) is 0.641. The summed E-state index contributed by atoms with van der Waals surface area (Å²) in [6.45, 7) is 1.61. The molecule has 0 bridgehead atoms. The van der Waals surface area contributed by atoms with E-state index in [9.17, 15) is 0 Å². The molecule has 0 N–H and O–H groups in total. The number of methoxy groups -OCH3 is 1. The molecule has 0 aromatic heterocycles. The van der Waals surface area contributed by atoms with E-state index in [2.05, 4.69) is 29.1 Å². The van der Waals surface area contributed by atoms with Crippen LogP contribution in [0.15, 0.2) is 30.3 Å². The van der Waals surface area contributed by atoms with E-state index in [0.717, 1.165) is 6.54 Å². The lowest BCUT2D eigenvalue weighted by molar-refractivity contribution is 0.115. The van der Waals surface area contributed by atoms with Crippen molar-refractivity contribution in [1.82, 2.24) is 4.81 Å². The molecule has 0 spiro atoms. The van der Waals surface area contributed by atoms with Gasteiger partial charge in [0.15, 0.2) is 7.98 Å². The number of hydrogen-bond donors (Lipinski definition) is 0. The van der Waals surface area contributed by atoms with Crippen molar-refractivity contribution in [2.75, 3.05) is 13.8 Å². The zero-order valence-electron chi connectivity index (χ0n) is 7.66. The number of hydrogen-bond acceptors (Lipinski definition) is 2. The molecule has 1 aromatic rings. The van der Waals surface area contributed by atoms with Crippen molar-refractivity contribution in [1.29, 1.82) is 0 Å². The number of nitrogens with zero attached hydrogens (tertiary/aromatic N) is 1. The van der Waals surface area contributed by atoms with Gasteiger partial charge in [0.1, 0.15) is 0 Å². The van der Waals surface area contributed by atoms with Crippen LogP contribution in [0.3, 0.4) is 0 Å². The second-order valence-electron chi connectivity index (χ2n) is 2.92. The zero-order chi connectivity index (χ0) is 8.81. The van der Waals surface area contributed by atoms with Gasteiger partial charge in [0.25, 0.3) is 0 Å². The standard InChI is InChI=1S/C9H14BNO/c1-12-8-11(10)7-9-5-3-2-4-6-9/h2-6H,7-8,10H2,1H3. The number of rotatable bonds is 4. The van der Waals surface area contributed by atoms with Crippen molar-refractivity contribution < 1.29 is 4.74 Å². The Hall–Kier alpha value is -0.795. The lowest BCUT2D eigenvalue weighted by atomic mass is 10.2. The van der Waals surface area contributed by atoms with Crippen molar-refractivity contribution in [2.24, 2.45) is 0 Å². The van der Waals surface area contributed by atoms with E-state index in [-0.39, 0.29) is 0 Å². The molecule has 12 heavy (non-hydrogen) atoms. The van der Waals surface area contributed by atoms with Crippen molar-refractivity contribution in [3.63, 3.8) is 0 Å². The normalized spacial score (nSPS) is 10.5. The van der Waals surface area contributed by atoms with Gasteiger partial charge in [-0.05, 0) is 5.56 Å². The first-order chi connectivity index (χ1) is 5.83. The molecular weight excluding hydrogens is 149 g/mol. The van der Waals surface area contributed by atoms with Gasteiger partial charge in [-0.1, -0.05) is 30.3 Å². The summed E-state index contributed by atoms with van der Waals surface area (Å²) in [6, 6.07) is 10.4. The highest BCUT2D eigenvalue weighted by molar-refractivity contribution is 6.04. The van der Waals surface area contributed by atoms with E-state index in [1.165, 1.54) is 5.56 Å². The van der Waals surface area contributed by atoms with Crippen LogP contribution >= 0.6 is 0 Å². The molecule has 64 valence electrons. The van der Waals surface area contributed by atoms with Crippen molar-refractivity contribution in [3.8, 4) is 0 Å². The first-order valence-electron chi connectivity index (χ1n) is 4.04. The highest BCUT2D eigenvalue weighted by Gasteiger charge is 1.96. The third-order valence-corrected chi connectivity index (χ3v) is 1.64. The molecule has 0 aliphatic rings. The van der Waals surface area contributed by atoms with Crippen LogP contribution in [0, 0.1) is 0 Å². The summed E-state index contributed by atoms with van der Waals surface area (Å²) in [4.78, 5) is 2.12. The van der Waals surface area contributed by atoms with Gasteiger partial charge in [-0.15, -0.1) is 0 Å². The van der Waals surface area contributed by atoms with Crippen LogP contribution < -0.4 is 0 Å². The first kappa shape index (κ1) is 9.29. The van der Waals surface area contributed by atoms with Crippen LogP contribution in [0.25, 0.3) is 0 Å². The van der Waals surface area contributed by atoms with Gasteiger partial charge < -0.3 is 9.55 Å². The second kappa shape index (κ2) is 4.96. The van der Waals surface area contributed by atoms with Gasteiger partial charge in [-0.2, -0.15) is 0 Å². The summed E-state index contributed by atoms with van der Waals surface area (Å²) in [6.07, 6.45) is 0. The van der Waals surface area contributed by atoms with Crippen LogP contribution in [0.4, 0.5) is 0 Å². The summed E-state index contributed by atoms with van der Waals surface area (Å²) in [5.41, 5.74) is 1.32. The lowest BCUT2D eigenvalue weighted by Gasteiger charge is -2.15. The summed E-state index contributed by atoms with van der Waals surface area (Å²) in [5.74, 6) is 0. The molecular formula is C9H14BNO. The molecule has 0 unspecified atom stereocenters. The number of benzene rings is 1. The fourth-order valence-corrected chi connectivity index (χ4v) is 1.16. The Morgan fingerprint density at radius 1 is 1.33 bits per heavy atom. The molecule has 0 heterocycles. The van der Waals surface area contributed by atoms with Gasteiger partial charge in [0, 0.05) is 13.7 Å². The summed E-state index contributed by atoms with van der Waals surface area (Å²) in [5, 5.41) is 0. The molecule has 0 aliphatic carbocycles. The Kier molecular flexibility index (Phi) is 3.84. The Balaban J connectivity index is 2.41. The van der Waals surface area contributed by atoms with Gasteiger partial charge in [-0.25, -0.2) is 0 Å². The van der Waals surface area contributed by atoms with Crippen molar-refractivity contribution in [2.45, 2.75) is 6.54 Å². The Morgan fingerprint density at radius 3 is 2.58 bits per heavy atom. The third-order valence-electron chi connectivity index (χ3n) is 1.64. The average Bonchev–Trinajstić information content (AvgIpc) is 2.06. The van der Waals surface area contributed by atoms with Gasteiger partial charge in [0.05, 0.1) is 6.73 Å². The van der Waals surface area contributed by atoms with E-state index in [4.69, 9.17) is 4.74 Å². The Morgan fingerprint density at radius 2 is 2.00 bits per heavy atom. The summed E-state index contributed by atoms with van der Waals surface area (Å²) < 4.78 is 5.00. The molecule has 0 saturated carbocycles. The highest BCUT2D eigenvalue weighted by atomic mass is 16.5. The van der Waals surface area contributed by atoms with Crippen LogP contribution in [-0.2, 0) is 11.3 Å². The van der Waals surface area contributed by atoms with Crippen LogP contribution in [0.1, 0.15) is 5.56 Å². The maximum Gasteiger partial charge on any atom is 0.188 e. The largest absolute Gasteiger partial charge is 0.370 e. The number of ether oxygens (including phenoxy) is 1. The van der Waals surface area contributed by atoms with Crippen molar-refractivity contribution >= 4 is 7.98 Å². The molecule has 0 saturated heterocycles. The average molecular weight is 163 g/mol. The lowest BCUT2D eigenvalue weighted by Crippen LogP contribution is -2.21. The van der Waals surface area contributed by atoms with Crippen molar-refractivity contribution in [3.05, 3.63) is 35.9 Å². The molecule has 0 atom stereocenters. The quantitative estimate of drug-likeness (QED) is 0.477. The van der Waals surface area contributed by atoms with E-state index in [0.29, 0.717) is 6.73 Å². The molecule has 1 rings (SSSR count). The van der Waals surface area contributed by atoms with Crippen LogP contribution in [-0.4, -0.2) is 26.6 Å². The SMILES string of the molecule is BN(COC)Cc1ccccc1. The van der Waals surface area contributed by atoms with Gasteiger partial charge >= 0.3 is 0 Å². The van der Waals surface area contributed by atoms with E-state index < -0.39 is 0 Å². The smallest absolute Gasteiger partial charge is 0.188 e. The molecule has 1 aromatic carbocycles. The topological polar surface area (TPSA) is 12.5 Å². The molecule has 0 aliphatic heterocycles. The fraction of sp³-hybridized carbons (Fsp3) is 0.333. The summed E-state index contributed by atoms with van der Waals surface area (Å²) >= 11 is 0. The molecule has 2 nitrogen and oxygen atoms in total. The Labute approximate surface area is 74.6 Å². The van der Waals surface area contributed by atoms with E-state index in [1.54, 1.807) is 7.11 Å². The van der Waals surface area contributed by atoms with Gasteiger partial charge in [-0.3, -0.25) is 0 Å². The molecule has 0 fully saturated rings. The second-order valence-corrected chi connectivity index (χ2v) is 2.92. The zero-order valence-corrected chi connectivity index (χ0v) is 7.66. The minimum atomic E-state index is 0.675. The minimum absolute atomic E-state index is 0.675. The molecule has 0 amide bonds. The monoisotopic (exact) mass is 163 g/mol. The van der Waals surface area contributed by atoms with Crippen LogP contribution in [0.2, 0.25) is 0 Å². The maximum atomic E-state index is 5.00. The first-order valence-corrected chi connectivity index (χ1v) is 4.04. The minimum Gasteiger partial charge on any atom is -0.370 e. The third kappa shape index (κ3) is 3.07. The van der Waals surface area contributed by atoms with E-state index >= 15 is 0 Å². The summed E-state index contributed by atoms with van der Waals surface area (Å²) in [7, 11) is 3.75. The maximum absolute atomic E-state index is 5.00.